The SMILES string of the molecule is Cc1cccc2cc(OC(=O)N=[N+]=[N-])c(=O)[nH]c12. The number of aryl methyl sites for hydroxylation is 1. The smallest absolute Gasteiger partial charge is 0.402 e. The predicted molar refractivity (Wildman–Crippen MR) is 64.5 cm³/mol. The fraction of sp³-hybridized carbons (Fsp3) is 0.0909. The van der Waals surface area contributed by atoms with Crippen LogP contribution in [0.3, 0.4) is 0 Å². The van der Waals surface area contributed by atoms with Crippen molar-refractivity contribution >= 4 is 17.0 Å². The molecule has 0 unspecified atom stereocenters. The van der Waals surface area contributed by atoms with E-state index in [1.807, 2.05) is 19.1 Å². The van der Waals surface area contributed by atoms with Crippen molar-refractivity contribution in [3.05, 3.63) is 50.6 Å². The van der Waals surface area contributed by atoms with Gasteiger partial charge in [0.15, 0.2) is 5.75 Å². The Balaban J connectivity index is 2.53. The maximum Gasteiger partial charge on any atom is 0.402 e. The second kappa shape index (κ2) is 4.60. The molecule has 2 rings (SSSR count). The molecule has 0 aliphatic heterocycles. The van der Waals surface area contributed by atoms with Crippen LogP contribution in [0.4, 0.5) is 4.79 Å². The quantitative estimate of drug-likeness (QED) is 0.473. The number of amides is 1. The monoisotopic (exact) mass is 244 g/mol. The third kappa shape index (κ3) is 2.16. The molecule has 7 heteroatoms. The minimum atomic E-state index is -1.17. The van der Waals surface area contributed by atoms with Gasteiger partial charge in [-0.15, -0.1) is 0 Å². The molecule has 1 aromatic carbocycles. The van der Waals surface area contributed by atoms with Crippen LogP contribution in [-0.4, -0.2) is 11.1 Å². The highest BCUT2D eigenvalue weighted by molar-refractivity contribution is 5.83. The van der Waals surface area contributed by atoms with Gasteiger partial charge in [-0.2, -0.15) is 0 Å². The number of aromatic amines is 1. The molecule has 0 spiro atoms. The fourth-order valence-corrected chi connectivity index (χ4v) is 1.59. The van der Waals surface area contributed by atoms with Gasteiger partial charge in [-0.3, -0.25) is 4.79 Å². The molecule has 0 aliphatic carbocycles. The number of pyridine rings is 1. The number of nitrogens with zero attached hydrogens (tertiary/aromatic N) is 3. The number of ether oxygens (including phenoxy) is 1. The predicted octanol–water partition coefficient (Wildman–Crippen LogP) is 2.65. The second-order valence-corrected chi connectivity index (χ2v) is 3.56. The number of rotatable bonds is 1. The van der Waals surface area contributed by atoms with Gasteiger partial charge in [0.1, 0.15) is 0 Å². The lowest BCUT2D eigenvalue weighted by atomic mass is 10.1. The molecule has 0 fully saturated rings. The van der Waals surface area contributed by atoms with Crippen molar-refractivity contribution in [1.29, 1.82) is 0 Å². The topological polar surface area (TPSA) is 108 Å². The highest BCUT2D eigenvalue weighted by Crippen LogP contribution is 2.18. The summed E-state index contributed by atoms with van der Waals surface area (Å²) in [7, 11) is 0. The summed E-state index contributed by atoms with van der Waals surface area (Å²) in [6, 6.07) is 6.86. The number of hydrogen-bond acceptors (Lipinski definition) is 3. The van der Waals surface area contributed by atoms with E-state index in [1.54, 1.807) is 6.07 Å². The summed E-state index contributed by atoms with van der Waals surface area (Å²) < 4.78 is 4.63. The summed E-state index contributed by atoms with van der Waals surface area (Å²) in [6.07, 6.45) is -1.17. The van der Waals surface area contributed by atoms with Crippen LogP contribution in [-0.2, 0) is 0 Å². The van der Waals surface area contributed by atoms with Crippen LogP contribution < -0.4 is 10.3 Å². The van der Waals surface area contributed by atoms with Crippen LogP contribution in [0.2, 0.25) is 0 Å². The van der Waals surface area contributed by atoms with E-state index in [2.05, 4.69) is 19.7 Å². The van der Waals surface area contributed by atoms with E-state index >= 15 is 0 Å². The Morgan fingerprint density at radius 2 is 2.28 bits per heavy atom. The molecule has 1 aromatic heterocycles. The number of carbonyl (C=O) groups is 1. The Hall–Kier alpha value is -2.79. The summed E-state index contributed by atoms with van der Waals surface area (Å²) in [4.78, 5) is 27.5. The lowest BCUT2D eigenvalue weighted by Gasteiger charge is -2.04. The molecule has 7 nitrogen and oxygen atoms in total. The van der Waals surface area contributed by atoms with E-state index in [-0.39, 0.29) is 5.75 Å². The summed E-state index contributed by atoms with van der Waals surface area (Å²) in [5, 5.41) is 3.45. The lowest BCUT2D eigenvalue weighted by molar-refractivity contribution is 0.210. The molecule has 0 aliphatic rings. The first-order chi connectivity index (χ1) is 8.61. The van der Waals surface area contributed by atoms with Crippen molar-refractivity contribution < 1.29 is 9.53 Å². The zero-order chi connectivity index (χ0) is 13.1. The van der Waals surface area contributed by atoms with Crippen molar-refractivity contribution in [2.45, 2.75) is 6.92 Å². The highest BCUT2D eigenvalue weighted by Gasteiger charge is 2.08. The molecule has 1 heterocycles. The van der Waals surface area contributed by atoms with Gasteiger partial charge in [-0.05, 0) is 24.1 Å². The number of benzene rings is 1. The van der Waals surface area contributed by atoms with Crippen LogP contribution in [0.5, 0.6) is 5.75 Å². The van der Waals surface area contributed by atoms with Crippen molar-refractivity contribution in [2.75, 3.05) is 0 Å². The first-order valence-corrected chi connectivity index (χ1v) is 5.01. The van der Waals surface area contributed by atoms with Gasteiger partial charge in [0.2, 0.25) is 0 Å². The van der Waals surface area contributed by atoms with Crippen LogP contribution >= 0.6 is 0 Å². The minimum Gasteiger partial charge on any atom is -0.416 e. The maximum absolute atomic E-state index is 11.7. The largest absolute Gasteiger partial charge is 0.416 e. The molecule has 1 N–H and O–H groups in total. The van der Waals surface area contributed by atoms with Crippen molar-refractivity contribution in [2.24, 2.45) is 5.11 Å². The molecule has 0 saturated heterocycles. The number of para-hydroxylation sites is 1. The average Bonchev–Trinajstić information content (AvgIpc) is 2.32. The van der Waals surface area contributed by atoms with E-state index in [4.69, 9.17) is 5.53 Å². The molecule has 2 aromatic rings. The van der Waals surface area contributed by atoms with Gasteiger partial charge < -0.3 is 9.72 Å². The van der Waals surface area contributed by atoms with Gasteiger partial charge in [0.05, 0.1) is 5.52 Å². The normalized spacial score (nSPS) is 9.83. The van der Waals surface area contributed by atoms with Gasteiger partial charge in [-0.25, -0.2) is 4.79 Å². The zero-order valence-electron chi connectivity index (χ0n) is 9.38. The molecule has 90 valence electrons. The van der Waals surface area contributed by atoms with Crippen molar-refractivity contribution in [3.8, 4) is 5.75 Å². The second-order valence-electron chi connectivity index (χ2n) is 3.56. The van der Waals surface area contributed by atoms with Gasteiger partial charge >= 0.3 is 6.09 Å². The van der Waals surface area contributed by atoms with Gasteiger partial charge in [0.25, 0.3) is 5.56 Å². The first-order valence-electron chi connectivity index (χ1n) is 5.01. The molecule has 0 bridgehead atoms. The third-order valence-electron chi connectivity index (χ3n) is 2.38. The van der Waals surface area contributed by atoms with Crippen LogP contribution in [0, 0.1) is 6.92 Å². The summed E-state index contributed by atoms with van der Waals surface area (Å²) in [6.45, 7) is 1.85. The van der Waals surface area contributed by atoms with Gasteiger partial charge in [0, 0.05) is 15.4 Å². The first kappa shape index (κ1) is 11.7. The molecular formula is C11H8N4O3. The van der Waals surface area contributed by atoms with E-state index in [0.717, 1.165) is 10.9 Å². The van der Waals surface area contributed by atoms with Crippen molar-refractivity contribution in [1.82, 2.24) is 4.98 Å². The Morgan fingerprint density at radius 3 is 3.00 bits per heavy atom. The molecular weight excluding hydrogens is 236 g/mol. The summed E-state index contributed by atoms with van der Waals surface area (Å²) in [5.41, 5.74) is 9.08. The molecule has 0 radical (unpaired) electrons. The van der Waals surface area contributed by atoms with Crippen LogP contribution in [0.25, 0.3) is 21.3 Å². The number of hydrogen-bond donors (Lipinski definition) is 1. The van der Waals surface area contributed by atoms with Crippen LogP contribution in [0.15, 0.2) is 34.2 Å². The van der Waals surface area contributed by atoms with E-state index < -0.39 is 11.7 Å². The number of nitrogens with one attached hydrogen (secondary N) is 1. The van der Waals surface area contributed by atoms with E-state index in [1.165, 1.54) is 6.07 Å². The standard InChI is InChI=1S/C11H8N4O3/c1-6-3-2-4-7-5-8(10(16)13-9(6)7)18-11(17)14-15-12/h2-5H,1H3,(H,13,16). The molecule has 0 saturated carbocycles. The summed E-state index contributed by atoms with van der Waals surface area (Å²) >= 11 is 0. The number of fused-ring (bicyclic) bond motifs is 1. The minimum absolute atomic E-state index is 0.203. The Kier molecular flexibility index (Phi) is 2.99. The molecule has 18 heavy (non-hydrogen) atoms. The maximum atomic E-state index is 11.7. The van der Waals surface area contributed by atoms with E-state index in [9.17, 15) is 9.59 Å². The Labute approximate surface area is 101 Å². The molecule has 1 amide bonds. The molecule has 0 atom stereocenters. The fourth-order valence-electron chi connectivity index (χ4n) is 1.59. The zero-order valence-corrected chi connectivity index (χ0v) is 9.38. The third-order valence-corrected chi connectivity index (χ3v) is 2.38. The number of azide groups is 1. The number of aromatic nitrogens is 1. The van der Waals surface area contributed by atoms with Crippen LogP contribution in [0.1, 0.15) is 5.56 Å². The lowest BCUT2D eigenvalue weighted by Crippen LogP contribution is -2.13. The Morgan fingerprint density at radius 1 is 1.50 bits per heavy atom. The summed E-state index contributed by atoms with van der Waals surface area (Å²) in [5.74, 6) is -0.203. The number of carbonyl (C=O) groups excluding carboxylic acids is 1. The van der Waals surface area contributed by atoms with E-state index in [0.29, 0.717) is 5.52 Å². The Bertz CT molecular complexity index is 729. The van der Waals surface area contributed by atoms with Crippen molar-refractivity contribution in [3.63, 3.8) is 0 Å². The van der Waals surface area contributed by atoms with Gasteiger partial charge in [-0.1, -0.05) is 18.2 Å². The average molecular weight is 244 g/mol. The number of H-pyrrole nitrogens is 1. The highest BCUT2D eigenvalue weighted by atomic mass is 16.6.